The summed E-state index contributed by atoms with van der Waals surface area (Å²) < 4.78 is 7.55. The Balaban J connectivity index is 1.05. The van der Waals surface area contributed by atoms with Gasteiger partial charge in [0.1, 0.15) is 5.75 Å². The van der Waals surface area contributed by atoms with Crippen LogP contribution >= 0.6 is 23.2 Å². The minimum Gasteiger partial charge on any atom is -0.496 e. The Morgan fingerprint density at radius 2 is 1.90 bits per heavy atom. The molecule has 0 unspecified atom stereocenters. The summed E-state index contributed by atoms with van der Waals surface area (Å²) in [4.78, 5) is 48.0. The van der Waals surface area contributed by atoms with Gasteiger partial charge in [0.15, 0.2) is 5.82 Å². The molecule has 0 bridgehead atoms. The summed E-state index contributed by atoms with van der Waals surface area (Å²) in [6.07, 6.45) is 5.22. The van der Waals surface area contributed by atoms with Gasteiger partial charge in [0.2, 0.25) is 5.91 Å². The number of pyridine rings is 1. The number of nitrogens with one attached hydrogen (secondary N) is 3. The maximum Gasteiger partial charge on any atom is 0.306 e. The molecule has 1 saturated heterocycles. The third-order valence-corrected chi connectivity index (χ3v) is 11.2. The van der Waals surface area contributed by atoms with Crippen LogP contribution in [0.4, 0.5) is 5.69 Å². The molecule has 52 heavy (non-hydrogen) atoms. The van der Waals surface area contributed by atoms with Gasteiger partial charge in [-0.3, -0.25) is 24.3 Å². The van der Waals surface area contributed by atoms with Crippen molar-refractivity contribution < 1.29 is 24.2 Å². The number of rotatable bonds is 12. The Kier molecular flexibility index (Phi) is 10.5. The Hall–Kier alpha value is -4.49. The predicted molar refractivity (Wildman–Crippen MR) is 199 cm³/mol. The molecular formula is C38H41Cl2N7O5. The number of aliphatic carboxylic acids is 1. The van der Waals surface area contributed by atoms with Gasteiger partial charge in [-0.2, -0.15) is 0 Å². The molecule has 1 atom stereocenters. The number of carboxylic acid groups (broad SMARTS) is 1. The van der Waals surface area contributed by atoms with Crippen molar-refractivity contribution in [1.82, 2.24) is 30.1 Å². The van der Waals surface area contributed by atoms with E-state index in [2.05, 4.69) is 25.8 Å². The molecule has 1 aliphatic carbocycles. The van der Waals surface area contributed by atoms with Gasteiger partial charge < -0.3 is 30.4 Å². The van der Waals surface area contributed by atoms with Crippen LogP contribution in [0, 0.1) is 11.8 Å². The Morgan fingerprint density at radius 3 is 2.65 bits per heavy atom. The normalized spacial score (nSPS) is 19.8. The molecule has 0 spiro atoms. The maximum atomic E-state index is 13.6. The van der Waals surface area contributed by atoms with Gasteiger partial charge >= 0.3 is 5.97 Å². The molecule has 14 heteroatoms. The van der Waals surface area contributed by atoms with Gasteiger partial charge in [-0.25, -0.2) is 4.98 Å². The van der Waals surface area contributed by atoms with Crippen molar-refractivity contribution in [1.29, 1.82) is 0 Å². The average molecular weight is 747 g/mol. The fraction of sp³-hybridized carbons (Fsp3) is 0.395. The molecule has 7 rings (SSSR count). The smallest absolute Gasteiger partial charge is 0.306 e. The highest BCUT2D eigenvalue weighted by molar-refractivity contribution is 6.39. The molecule has 2 fully saturated rings. The van der Waals surface area contributed by atoms with Crippen LogP contribution in [0.1, 0.15) is 53.3 Å². The van der Waals surface area contributed by atoms with Crippen LogP contribution in [-0.4, -0.2) is 75.1 Å². The zero-order valence-corrected chi connectivity index (χ0v) is 30.6. The first kappa shape index (κ1) is 35.9. The lowest BCUT2D eigenvalue weighted by Gasteiger charge is -2.37. The summed E-state index contributed by atoms with van der Waals surface area (Å²) in [6, 6.07) is 13.1. The summed E-state index contributed by atoms with van der Waals surface area (Å²) in [5.74, 6) is 0.144. The molecule has 2 amide bonds. The van der Waals surface area contributed by atoms with Crippen molar-refractivity contribution in [2.45, 2.75) is 51.2 Å². The number of carbonyl (C=O) groups excluding carboxylic acids is 2. The monoisotopic (exact) mass is 745 g/mol. The van der Waals surface area contributed by atoms with Crippen LogP contribution in [0.25, 0.3) is 22.4 Å². The number of hydrogen-bond acceptors (Lipinski definition) is 8. The topological polar surface area (TPSA) is 151 Å². The molecule has 272 valence electrons. The van der Waals surface area contributed by atoms with Gasteiger partial charge in [0.05, 0.1) is 45.8 Å². The number of imidazole rings is 1. The third kappa shape index (κ3) is 7.38. The number of carboxylic acids is 1. The molecule has 3 aliphatic rings. The van der Waals surface area contributed by atoms with Crippen LogP contribution in [0.5, 0.6) is 5.75 Å². The molecule has 2 aromatic carbocycles. The first-order valence-corrected chi connectivity index (χ1v) is 18.3. The first-order chi connectivity index (χ1) is 25.1. The van der Waals surface area contributed by atoms with E-state index >= 15 is 0 Å². The fourth-order valence-corrected chi connectivity index (χ4v) is 8.07. The Morgan fingerprint density at radius 1 is 1.10 bits per heavy atom. The third-order valence-electron chi connectivity index (χ3n) is 10.4. The van der Waals surface area contributed by atoms with E-state index in [9.17, 15) is 19.5 Å². The molecule has 4 heterocycles. The molecule has 4 aromatic rings. The minimum atomic E-state index is -0.709. The Labute approximate surface area is 311 Å². The SMILES string of the molecule is COc1cc(-c2nccc(-c3cccc(NC(=O)c4nc5c(n4C)CN(CC4CC(C(=O)O)C4)CC5)c3Cl)c2Cl)ccc1CNC[C@@H]1CCC(=O)N1. The number of ether oxygens (including phenoxy) is 1. The van der Waals surface area contributed by atoms with Gasteiger partial charge in [0, 0.05) is 87.1 Å². The van der Waals surface area contributed by atoms with Gasteiger partial charge in [-0.15, -0.1) is 0 Å². The quantitative estimate of drug-likeness (QED) is 0.146. The highest BCUT2D eigenvalue weighted by Crippen LogP contribution is 2.41. The van der Waals surface area contributed by atoms with E-state index < -0.39 is 5.97 Å². The number of halogens is 2. The van der Waals surface area contributed by atoms with Crippen LogP contribution < -0.4 is 20.7 Å². The molecule has 1 saturated carbocycles. The standard InChI is InChI=1S/C38H41Cl2N7O5/c1-46-30-20-47(19-21-14-24(15-21)38(50)51)13-11-28(30)44-36(46)37(49)45-29-5-3-4-26(33(29)39)27-10-12-42-35(34(27)40)22-6-7-23(31(16-22)52-2)17-41-18-25-8-9-32(48)43-25/h3-7,10,12,16,21,24-25,41H,8-9,11,13-15,17-20H2,1-2H3,(H,43,48)(H,45,49)(H,50,51)/t21?,24?,25-/m0/s1. The fourth-order valence-electron chi connectivity index (χ4n) is 7.47. The summed E-state index contributed by atoms with van der Waals surface area (Å²) in [5.41, 5.74) is 5.90. The van der Waals surface area contributed by atoms with Crippen molar-refractivity contribution in [2.75, 3.05) is 32.1 Å². The van der Waals surface area contributed by atoms with E-state index in [1.54, 1.807) is 25.4 Å². The zero-order valence-electron chi connectivity index (χ0n) is 29.0. The second-order valence-electron chi connectivity index (χ2n) is 13.8. The highest BCUT2D eigenvalue weighted by Gasteiger charge is 2.36. The highest BCUT2D eigenvalue weighted by atomic mass is 35.5. The van der Waals surface area contributed by atoms with Gasteiger partial charge in [-0.05, 0) is 43.4 Å². The van der Waals surface area contributed by atoms with E-state index in [0.29, 0.717) is 88.9 Å². The van der Waals surface area contributed by atoms with Crippen LogP contribution in [-0.2, 0) is 36.1 Å². The van der Waals surface area contributed by atoms with Crippen molar-refractivity contribution in [3.63, 3.8) is 0 Å². The number of fused-ring (bicyclic) bond motifs is 1. The predicted octanol–water partition coefficient (Wildman–Crippen LogP) is 5.55. The average Bonchev–Trinajstić information content (AvgIpc) is 3.69. The minimum absolute atomic E-state index is 0.0917. The lowest BCUT2D eigenvalue weighted by atomic mass is 9.74. The van der Waals surface area contributed by atoms with Crippen LogP contribution in [0.15, 0.2) is 48.7 Å². The molecule has 2 aliphatic heterocycles. The number of methoxy groups -OCH3 is 1. The molecule has 0 radical (unpaired) electrons. The number of aromatic nitrogens is 3. The van der Waals surface area contributed by atoms with Crippen molar-refractivity contribution in [3.8, 4) is 28.1 Å². The summed E-state index contributed by atoms with van der Waals surface area (Å²) in [5, 5.41) is 19.3. The number of amides is 2. The number of anilines is 1. The van der Waals surface area contributed by atoms with Crippen LogP contribution in [0.2, 0.25) is 10.0 Å². The summed E-state index contributed by atoms with van der Waals surface area (Å²) >= 11 is 14.0. The van der Waals surface area contributed by atoms with Gasteiger partial charge in [-0.1, -0.05) is 47.5 Å². The van der Waals surface area contributed by atoms with E-state index in [1.165, 1.54) is 0 Å². The zero-order chi connectivity index (χ0) is 36.5. The molecule has 4 N–H and O–H groups in total. The molecular weight excluding hydrogens is 705 g/mol. The van der Waals surface area contributed by atoms with Crippen molar-refractivity contribution in [2.24, 2.45) is 18.9 Å². The lowest BCUT2D eigenvalue weighted by Crippen LogP contribution is -2.41. The molecule has 2 aromatic heterocycles. The first-order valence-electron chi connectivity index (χ1n) is 17.5. The number of hydrogen-bond donors (Lipinski definition) is 4. The lowest BCUT2D eigenvalue weighted by molar-refractivity contribution is -0.146. The summed E-state index contributed by atoms with van der Waals surface area (Å²) in [6.45, 7) is 3.57. The van der Waals surface area contributed by atoms with E-state index in [0.717, 1.165) is 48.4 Å². The number of carbonyl (C=O) groups is 3. The number of nitrogens with zero attached hydrogens (tertiary/aromatic N) is 4. The van der Waals surface area contributed by atoms with Gasteiger partial charge in [0.25, 0.3) is 5.91 Å². The summed E-state index contributed by atoms with van der Waals surface area (Å²) in [7, 11) is 3.47. The van der Waals surface area contributed by atoms with E-state index in [4.69, 9.17) is 32.9 Å². The molecule has 12 nitrogen and oxygen atoms in total. The van der Waals surface area contributed by atoms with E-state index in [-0.39, 0.29) is 23.8 Å². The maximum absolute atomic E-state index is 13.6. The van der Waals surface area contributed by atoms with Crippen molar-refractivity contribution in [3.05, 3.63) is 81.5 Å². The second-order valence-corrected chi connectivity index (χ2v) is 14.6. The van der Waals surface area contributed by atoms with Crippen molar-refractivity contribution >= 4 is 46.7 Å². The van der Waals surface area contributed by atoms with E-state index in [1.807, 2.05) is 41.9 Å². The Bertz CT molecular complexity index is 2030. The second kappa shape index (κ2) is 15.2. The number of benzene rings is 2. The van der Waals surface area contributed by atoms with Crippen LogP contribution in [0.3, 0.4) is 0 Å². The largest absolute Gasteiger partial charge is 0.496 e.